The molecule has 2 rings (SSSR count). The van der Waals surface area contributed by atoms with Crippen molar-refractivity contribution < 1.29 is 9.90 Å². The van der Waals surface area contributed by atoms with Crippen LogP contribution in [0.15, 0.2) is 30.3 Å². The highest BCUT2D eigenvalue weighted by molar-refractivity contribution is 5.85. The van der Waals surface area contributed by atoms with Crippen LogP contribution in [0.5, 0.6) is 0 Å². The topological polar surface area (TPSA) is 66.6 Å². The van der Waals surface area contributed by atoms with Gasteiger partial charge in [-0.2, -0.15) is 0 Å². The van der Waals surface area contributed by atoms with Crippen molar-refractivity contribution in [2.45, 2.75) is 45.3 Å². The number of nitrogens with two attached hydrogens (primary N) is 1. The third kappa shape index (κ3) is 4.93. The summed E-state index contributed by atoms with van der Waals surface area (Å²) in [5.74, 6) is 0.480. The van der Waals surface area contributed by atoms with Gasteiger partial charge in [-0.1, -0.05) is 50.6 Å². The Morgan fingerprint density at radius 1 is 1.30 bits per heavy atom. The molecule has 1 saturated heterocycles. The van der Waals surface area contributed by atoms with Gasteiger partial charge in [-0.05, 0) is 30.2 Å². The highest BCUT2D eigenvalue weighted by Gasteiger charge is 2.31. The molecule has 0 spiro atoms. The van der Waals surface area contributed by atoms with Crippen molar-refractivity contribution in [2.24, 2.45) is 17.6 Å². The van der Waals surface area contributed by atoms with E-state index in [9.17, 15) is 9.90 Å². The number of nitrogens with zero attached hydrogens (tertiary/aromatic N) is 1. The molecule has 1 aliphatic heterocycles. The van der Waals surface area contributed by atoms with E-state index in [1.807, 2.05) is 42.2 Å². The maximum Gasteiger partial charge on any atom is 0.239 e. The number of benzene rings is 1. The van der Waals surface area contributed by atoms with Crippen molar-refractivity contribution in [1.82, 2.24) is 4.90 Å². The van der Waals surface area contributed by atoms with Gasteiger partial charge in [0.25, 0.3) is 0 Å². The van der Waals surface area contributed by atoms with Gasteiger partial charge in [0.05, 0.1) is 12.1 Å². The lowest BCUT2D eigenvalue weighted by Crippen LogP contribution is -2.50. The molecule has 1 fully saturated rings. The summed E-state index contributed by atoms with van der Waals surface area (Å²) in [6, 6.07) is 9.36. The summed E-state index contributed by atoms with van der Waals surface area (Å²) in [6.07, 6.45) is 2.13. The first-order valence-corrected chi connectivity index (χ1v) is 8.32. The van der Waals surface area contributed by atoms with Crippen LogP contribution in [0.4, 0.5) is 0 Å². The largest absolute Gasteiger partial charge is 0.388 e. The van der Waals surface area contributed by atoms with Crippen molar-refractivity contribution in [3.8, 4) is 0 Å². The van der Waals surface area contributed by atoms with Crippen molar-refractivity contribution >= 4 is 18.3 Å². The van der Waals surface area contributed by atoms with Gasteiger partial charge in [0.2, 0.25) is 5.91 Å². The molecule has 0 saturated carbocycles. The molecule has 0 bridgehead atoms. The first-order chi connectivity index (χ1) is 10.5. The average Bonchev–Trinajstić information content (AvgIpc) is 2.60. The lowest BCUT2D eigenvalue weighted by Gasteiger charge is -2.36. The lowest BCUT2D eigenvalue weighted by molar-refractivity contribution is -0.135. The zero-order valence-corrected chi connectivity index (χ0v) is 14.8. The van der Waals surface area contributed by atoms with Gasteiger partial charge >= 0.3 is 0 Å². The molecule has 3 unspecified atom stereocenters. The Morgan fingerprint density at radius 3 is 2.39 bits per heavy atom. The fourth-order valence-corrected chi connectivity index (χ4v) is 3.07. The molecule has 0 radical (unpaired) electrons. The van der Waals surface area contributed by atoms with Crippen molar-refractivity contribution in [1.29, 1.82) is 0 Å². The quantitative estimate of drug-likeness (QED) is 0.866. The van der Waals surface area contributed by atoms with Gasteiger partial charge in [-0.15, -0.1) is 12.4 Å². The Kier molecular flexibility index (Phi) is 8.03. The number of carbonyl (C=O) groups is 1. The molecular formula is C18H29ClN2O2. The number of hydrogen-bond donors (Lipinski definition) is 2. The SMILES string of the molecule is CCC(C)C(N)C(=O)N1CCC(C(O)c2ccccc2)CC1.Cl. The third-order valence-electron chi connectivity index (χ3n) is 4.98. The number of carbonyl (C=O) groups excluding carboxylic acids is 1. The Hall–Kier alpha value is -1.10. The van der Waals surface area contributed by atoms with E-state index in [-0.39, 0.29) is 30.2 Å². The monoisotopic (exact) mass is 340 g/mol. The first-order valence-electron chi connectivity index (χ1n) is 8.32. The first kappa shape index (κ1) is 19.9. The summed E-state index contributed by atoms with van der Waals surface area (Å²) in [5, 5.41) is 10.5. The van der Waals surface area contributed by atoms with E-state index in [4.69, 9.17) is 5.73 Å². The molecule has 0 aromatic heterocycles. The van der Waals surface area contributed by atoms with Crippen LogP contribution in [-0.2, 0) is 4.79 Å². The van der Waals surface area contributed by atoms with Gasteiger partial charge in [-0.25, -0.2) is 0 Å². The Balaban J connectivity index is 0.00000264. The number of hydrogen-bond acceptors (Lipinski definition) is 3. The molecule has 0 aliphatic carbocycles. The molecule has 5 heteroatoms. The summed E-state index contributed by atoms with van der Waals surface area (Å²) in [5.41, 5.74) is 7.01. The molecule has 23 heavy (non-hydrogen) atoms. The predicted octanol–water partition coefficient (Wildman–Crippen LogP) is 2.75. The number of amides is 1. The van der Waals surface area contributed by atoms with Crippen molar-refractivity contribution in [3.63, 3.8) is 0 Å². The minimum absolute atomic E-state index is 0. The van der Waals surface area contributed by atoms with Crippen LogP contribution in [-0.4, -0.2) is 35.0 Å². The highest BCUT2D eigenvalue weighted by Crippen LogP contribution is 2.30. The molecular weight excluding hydrogens is 312 g/mol. The fraction of sp³-hybridized carbons (Fsp3) is 0.611. The molecule has 3 N–H and O–H groups in total. The van der Waals surface area contributed by atoms with Gasteiger partial charge < -0.3 is 15.7 Å². The number of piperidine rings is 1. The summed E-state index contributed by atoms with van der Waals surface area (Å²) in [4.78, 5) is 14.2. The maximum atomic E-state index is 12.4. The van der Waals surface area contributed by atoms with E-state index >= 15 is 0 Å². The Labute approximate surface area is 145 Å². The van der Waals surface area contributed by atoms with Gasteiger partial charge in [0, 0.05) is 13.1 Å². The average molecular weight is 341 g/mol. The lowest BCUT2D eigenvalue weighted by atomic mass is 9.87. The molecule has 1 aromatic rings. The number of halogens is 1. The molecule has 130 valence electrons. The van der Waals surface area contributed by atoms with Gasteiger partial charge in [0.1, 0.15) is 0 Å². The number of aliphatic hydroxyl groups excluding tert-OH is 1. The van der Waals surface area contributed by atoms with E-state index < -0.39 is 12.1 Å². The number of likely N-dealkylation sites (tertiary alicyclic amines) is 1. The minimum atomic E-state index is -0.443. The van der Waals surface area contributed by atoms with E-state index in [2.05, 4.69) is 6.92 Å². The van der Waals surface area contributed by atoms with E-state index in [0.717, 1.165) is 24.8 Å². The Bertz CT molecular complexity index is 475. The van der Waals surface area contributed by atoms with E-state index in [0.29, 0.717) is 13.1 Å². The maximum absolute atomic E-state index is 12.4. The van der Waals surface area contributed by atoms with Crippen LogP contribution in [0.2, 0.25) is 0 Å². The standard InChI is InChI=1S/C18H28N2O2.ClH/c1-3-13(2)16(19)18(22)20-11-9-15(10-12-20)17(21)14-7-5-4-6-8-14;/h4-8,13,15-17,21H,3,9-12,19H2,1-2H3;1H. The minimum Gasteiger partial charge on any atom is -0.388 e. The zero-order chi connectivity index (χ0) is 16.1. The molecule has 4 nitrogen and oxygen atoms in total. The van der Waals surface area contributed by atoms with E-state index in [1.165, 1.54) is 0 Å². The molecule has 3 atom stereocenters. The second-order valence-corrected chi connectivity index (χ2v) is 6.43. The van der Waals surface area contributed by atoms with E-state index in [1.54, 1.807) is 0 Å². The van der Waals surface area contributed by atoms with Crippen LogP contribution in [0, 0.1) is 11.8 Å². The van der Waals surface area contributed by atoms with Crippen LogP contribution < -0.4 is 5.73 Å². The van der Waals surface area contributed by atoms with Crippen molar-refractivity contribution in [2.75, 3.05) is 13.1 Å². The summed E-state index contributed by atoms with van der Waals surface area (Å²) >= 11 is 0. The van der Waals surface area contributed by atoms with Crippen molar-refractivity contribution in [3.05, 3.63) is 35.9 Å². The van der Waals surface area contributed by atoms with Gasteiger partial charge in [-0.3, -0.25) is 4.79 Å². The molecule has 1 heterocycles. The molecule has 1 aliphatic rings. The summed E-state index contributed by atoms with van der Waals surface area (Å²) in [7, 11) is 0. The Morgan fingerprint density at radius 2 is 1.87 bits per heavy atom. The number of aliphatic hydroxyl groups is 1. The summed E-state index contributed by atoms with van der Waals surface area (Å²) < 4.78 is 0. The highest BCUT2D eigenvalue weighted by atomic mass is 35.5. The van der Waals surface area contributed by atoms with Crippen LogP contribution in [0.25, 0.3) is 0 Å². The summed E-state index contributed by atoms with van der Waals surface area (Å²) in [6.45, 7) is 5.46. The second kappa shape index (κ2) is 9.26. The van der Waals surface area contributed by atoms with Crippen LogP contribution in [0.3, 0.4) is 0 Å². The number of rotatable bonds is 5. The normalized spacial score (nSPS) is 19.6. The van der Waals surface area contributed by atoms with Crippen LogP contribution >= 0.6 is 12.4 Å². The molecule has 1 amide bonds. The second-order valence-electron chi connectivity index (χ2n) is 6.43. The zero-order valence-electron chi connectivity index (χ0n) is 14.0. The fourth-order valence-electron chi connectivity index (χ4n) is 3.07. The molecule has 1 aromatic carbocycles. The predicted molar refractivity (Wildman–Crippen MR) is 95.4 cm³/mol. The third-order valence-corrected chi connectivity index (χ3v) is 4.98. The smallest absolute Gasteiger partial charge is 0.239 e. The van der Waals surface area contributed by atoms with Gasteiger partial charge in [0.15, 0.2) is 0 Å². The van der Waals surface area contributed by atoms with Crippen LogP contribution in [0.1, 0.15) is 44.8 Å².